The lowest BCUT2D eigenvalue weighted by atomic mass is 10.2. The molecule has 2 N–H and O–H groups in total. The average molecular weight is 358 g/mol. The van der Waals surface area contributed by atoms with Gasteiger partial charge in [0.15, 0.2) is 0 Å². The van der Waals surface area contributed by atoms with Gasteiger partial charge in [0, 0.05) is 39.0 Å². The van der Waals surface area contributed by atoms with Gasteiger partial charge in [-0.15, -0.1) is 0 Å². The summed E-state index contributed by atoms with van der Waals surface area (Å²) in [5.41, 5.74) is -0.476. The predicted octanol–water partition coefficient (Wildman–Crippen LogP) is 0.209. The zero-order chi connectivity index (χ0) is 18.5. The van der Waals surface area contributed by atoms with Crippen molar-refractivity contribution < 1.29 is 9.59 Å². The number of nitrogens with zero attached hydrogens (tertiary/aromatic N) is 2. The number of fused-ring (bicyclic) bond motifs is 1. The summed E-state index contributed by atoms with van der Waals surface area (Å²) in [7, 11) is 0. The lowest BCUT2D eigenvalue weighted by molar-refractivity contribution is -0.130. The lowest BCUT2D eigenvalue weighted by Gasteiger charge is -2.15. The molecule has 0 bridgehead atoms. The summed E-state index contributed by atoms with van der Waals surface area (Å²) in [6.45, 7) is 2.04. The molecule has 8 nitrogen and oxygen atoms in total. The number of nitrogens with one attached hydrogen (secondary N) is 2. The molecule has 0 atom stereocenters. The number of hydrogen-bond acceptors (Lipinski definition) is 4. The molecule has 2 heterocycles. The minimum absolute atomic E-state index is 0.0608. The summed E-state index contributed by atoms with van der Waals surface area (Å²) < 4.78 is 1.38. The molecule has 1 aliphatic rings. The second kappa shape index (κ2) is 7.99. The minimum Gasteiger partial charge on any atom is -0.356 e. The number of carbonyl (C=O) groups excluding carboxylic acids is 2. The first kappa shape index (κ1) is 17.9. The van der Waals surface area contributed by atoms with Crippen molar-refractivity contribution in [3.05, 3.63) is 45.1 Å². The number of aromatic nitrogens is 2. The van der Waals surface area contributed by atoms with E-state index in [1.54, 1.807) is 24.3 Å². The van der Waals surface area contributed by atoms with Crippen LogP contribution in [0.15, 0.2) is 33.9 Å². The van der Waals surface area contributed by atoms with Crippen LogP contribution in [0.25, 0.3) is 10.9 Å². The first-order valence-electron chi connectivity index (χ1n) is 8.82. The third-order valence-electron chi connectivity index (χ3n) is 4.59. The van der Waals surface area contributed by atoms with E-state index >= 15 is 0 Å². The lowest BCUT2D eigenvalue weighted by Crippen LogP contribution is -2.34. The van der Waals surface area contributed by atoms with Crippen molar-refractivity contribution in [2.24, 2.45) is 0 Å². The zero-order valence-corrected chi connectivity index (χ0v) is 14.5. The molecule has 1 fully saturated rings. The molecule has 26 heavy (non-hydrogen) atoms. The van der Waals surface area contributed by atoms with E-state index in [4.69, 9.17) is 0 Å². The predicted molar refractivity (Wildman–Crippen MR) is 96.9 cm³/mol. The second-order valence-electron chi connectivity index (χ2n) is 6.37. The maximum atomic E-state index is 12.0. The van der Waals surface area contributed by atoms with Crippen LogP contribution >= 0.6 is 0 Å². The fraction of sp³-hybridized carbons (Fsp3) is 0.444. The van der Waals surface area contributed by atoms with E-state index in [0.717, 1.165) is 25.9 Å². The largest absolute Gasteiger partial charge is 0.356 e. The van der Waals surface area contributed by atoms with Gasteiger partial charge in [-0.3, -0.25) is 23.9 Å². The second-order valence-corrected chi connectivity index (χ2v) is 6.37. The Hall–Kier alpha value is -2.90. The highest BCUT2D eigenvalue weighted by Gasteiger charge is 2.17. The Morgan fingerprint density at radius 3 is 2.58 bits per heavy atom. The van der Waals surface area contributed by atoms with Crippen LogP contribution in [0.4, 0.5) is 0 Å². The van der Waals surface area contributed by atoms with Gasteiger partial charge < -0.3 is 10.2 Å². The van der Waals surface area contributed by atoms with Crippen molar-refractivity contribution in [1.82, 2.24) is 19.8 Å². The Bertz CT molecular complexity index is 925. The van der Waals surface area contributed by atoms with E-state index in [-0.39, 0.29) is 37.7 Å². The SMILES string of the molecule is O=C(CCn1c(=O)[nH]c(=O)c2ccccc21)NCCC(=O)N1CCCC1. The first-order valence-corrected chi connectivity index (χ1v) is 8.82. The Kier molecular flexibility index (Phi) is 5.50. The molecule has 1 aromatic carbocycles. The van der Waals surface area contributed by atoms with Crippen LogP contribution in [0.5, 0.6) is 0 Å². The number of aryl methyl sites for hydroxylation is 1. The molecule has 0 spiro atoms. The molecular formula is C18H22N4O4. The number of aromatic amines is 1. The Morgan fingerprint density at radius 1 is 1.08 bits per heavy atom. The number of rotatable bonds is 6. The highest BCUT2D eigenvalue weighted by Crippen LogP contribution is 2.09. The molecule has 1 saturated heterocycles. The van der Waals surface area contributed by atoms with Crippen molar-refractivity contribution in [2.45, 2.75) is 32.2 Å². The summed E-state index contributed by atoms with van der Waals surface area (Å²) in [6.07, 6.45) is 2.46. The van der Waals surface area contributed by atoms with E-state index in [1.807, 2.05) is 4.90 Å². The zero-order valence-electron chi connectivity index (χ0n) is 14.5. The van der Waals surface area contributed by atoms with Crippen molar-refractivity contribution in [3.63, 3.8) is 0 Å². The van der Waals surface area contributed by atoms with Gasteiger partial charge >= 0.3 is 5.69 Å². The number of hydrogen-bond donors (Lipinski definition) is 2. The molecule has 2 amide bonds. The normalized spacial score (nSPS) is 13.9. The molecule has 0 radical (unpaired) electrons. The molecule has 0 aliphatic carbocycles. The Morgan fingerprint density at radius 2 is 1.81 bits per heavy atom. The maximum Gasteiger partial charge on any atom is 0.328 e. The minimum atomic E-state index is -0.536. The summed E-state index contributed by atoms with van der Waals surface area (Å²) >= 11 is 0. The van der Waals surface area contributed by atoms with E-state index in [0.29, 0.717) is 10.9 Å². The summed E-state index contributed by atoms with van der Waals surface area (Å²) in [4.78, 5) is 51.9. The van der Waals surface area contributed by atoms with E-state index in [2.05, 4.69) is 10.3 Å². The number of para-hydroxylation sites is 1. The summed E-state index contributed by atoms with van der Waals surface area (Å²) in [5, 5.41) is 3.12. The molecule has 1 aliphatic heterocycles. The van der Waals surface area contributed by atoms with E-state index < -0.39 is 11.2 Å². The van der Waals surface area contributed by atoms with Gasteiger partial charge in [0.2, 0.25) is 11.8 Å². The standard InChI is InChI=1S/C18H22N4O4/c23-15(19-9-7-16(24)21-10-3-4-11-21)8-12-22-14-6-2-1-5-13(14)17(25)20-18(22)26/h1-2,5-6H,3-4,7-12H2,(H,19,23)(H,20,25,26). The molecule has 138 valence electrons. The van der Waals surface area contributed by atoms with Crippen LogP contribution in [0.3, 0.4) is 0 Å². The summed E-state index contributed by atoms with van der Waals surface area (Å²) in [5.74, 6) is -0.174. The van der Waals surface area contributed by atoms with Gasteiger partial charge in [-0.25, -0.2) is 4.79 Å². The van der Waals surface area contributed by atoms with Crippen molar-refractivity contribution >= 4 is 22.7 Å². The van der Waals surface area contributed by atoms with Gasteiger partial charge in [-0.2, -0.15) is 0 Å². The Labute approximate surface area is 149 Å². The van der Waals surface area contributed by atoms with Crippen LogP contribution in [0.1, 0.15) is 25.7 Å². The van der Waals surface area contributed by atoms with Crippen LogP contribution in [-0.2, 0) is 16.1 Å². The third kappa shape index (κ3) is 4.01. The van der Waals surface area contributed by atoms with Gasteiger partial charge in [0.1, 0.15) is 0 Å². The van der Waals surface area contributed by atoms with Crippen LogP contribution in [0.2, 0.25) is 0 Å². The molecule has 0 saturated carbocycles. The van der Waals surface area contributed by atoms with Crippen molar-refractivity contribution in [2.75, 3.05) is 19.6 Å². The van der Waals surface area contributed by atoms with Gasteiger partial charge in [0.25, 0.3) is 5.56 Å². The van der Waals surface area contributed by atoms with E-state index in [9.17, 15) is 19.2 Å². The monoisotopic (exact) mass is 358 g/mol. The number of benzene rings is 1. The van der Waals surface area contributed by atoms with Gasteiger partial charge in [-0.1, -0.05) is 12.1 Å². The fourth-order valence-corrected chi connectivity index (χ4v) is 3.20. The van der Waals surface area contributed by atoms with Crippen molar-refractivity contribution in [1.29, 1.82) is 0 Å². The maximum absolute atomic E-state index is 12.0. The fourth-order valence-electron chi connectivity index (χ4n) is 3.20. The topological polar surface area (TPSA) is 104 Å². The first-order chi connectivity index (χ1) is 12.6. The quantitative estimate of drug-likeness (QED) is 0.770. The number of H-pyrrole nitrogens is 1. The highest BCUT2D eigenvalue weighted by atomic mass is 16.2. The number of amides is 2. The van der Waals surface area contributed by atoms with Gasteiger partial charge in [-0.05, 0) is 25.0 Å². The molecule has 8 heteroatoms. The molecular weight excluding hydrogens is 336 g/mol. The van der Waals surface area contributed by atoms with Crippen molar-refractivity contribution in [3.8, 4) is 0 Å². The third-order valence-corrected chi connectivity index (χ3v) is 4.59. The number of carbonyl (C=O) groups is 2. The molecule has 2 aromatic rings. The molecule has 0 unspecified atom stereocenters. The van der Waals surface area contributed by atoms with Gasteiger partial charge in [0.05, 0.1) is 10.9 Å². The summed E-state index contributed by atoms with van der Waals surface area (Å²) in [6, 6.07) is 6.77. The number of likely N-dealkylation sites (tertiary alicyclic amines) is 1. The van der Waals surface area contributed by atoms with Crippen LogP contribution in [0, 0.1) is 0 Å². The molecule has 3 rings (SSSR count). The molecule has 1 aromatic heterocycles. The van der Waals surface area contributed by atoms with Crippen LogP contribution in [-0.4, -0.2) is 45.9 Å². The Balaban J connectivity index is 1.55. The smallest absolute Gasteiger partial charge is 0.328 e. The highest BCUT2D eigenvalue weighted by molar-refractivity contribution is 5.80. The van der Waals surface area contributed by atoms with Crippen LogP contribution < -0.4 is 16.6 Å². The van der Waals surface area contributed by atoms with E-state index in [1.165, 1.54) is 4.57 Å². The average Bonchev–Trinajstić information content (AvgIpc) is 3.16.